The fourth-order valence-electron chi connectivity index (χ4n) is 5.06. The van der Waals surface area contributed by atoms with E-state index >= 15 is 0 Å². The van der Waals surface area contributed by atoms with Gasteiger partial charge in [-0.2, -0.15) is 0 Å². The van der Waals surface area contributed by atoms with E-state index in [0.717, 1.165) is 47.5 Å². The minimum atomic E-state index is -3.87. The lowest BCUT2D eigenvalue weighted by Gasteiger charge is -2.28. The molecular weight excluding hydrogens is 546 g/mol. The highest BCUT2D eigenvalue weighted by Crippen LogP contribution is 2.33. The van der Waals surface area contributed by atoms with Gasteiger partial charge in [-0.15, -0.1) is 0 Å². The molecule has 226 valence electrons. The standard InChI is InChI=1S/C34H45N3O4S/c1-24(2)17-19-35-23-25-11-16-29-30(18-20-41-32(29)21-25)36-33(38)22-31(26-9-7-6-8-10-26)37-42(39,40)28-14-12-27(13-15-28)34(3,4)5/h6-16,21,24,30-31,35,37H,17-20,22-23H2,1-5H3,(H,36,38). The average molecular weight is 592 g/mol. The van der Waals surface area contributed by atoms with Crippen LogP contribution in [0, 0.1) is 5.92 Å². The molecule has 2 atom stereocenters. The van der Waals surface area contributed by atoms with Crippen LogP contribution < -0.4 is 20.1 Å². The number of fused-ring (bicyclic) bond motifs is 1. The summed E-state index contributed by atoms with van der Waals surface area (Å²) < 4.78 is 35.5. The Morgan fingerprint density at radius 2 is 1.71 bits per heavy atom. The molecule has 0 aromatic heterocycles. The molecule has 0 saturated heterocycles. The summed E-state index contributed by atoms with van der Waals surface area (Å²) in [6, 6.07) is 21.4. The largest absolute Gasteiger partial charge is 0.493 e. The molecule has 3 aromatic rings. The number of hydrogen-bond acceptors (Lipinski definition) is 5. The summed E-state index contributed by atoms with van der Waals surface area (Å²) in [4.78, 5) is 13.6. The molecule has 1 amide bonds. The maximum absolute atomic E-state index is 13.4. The fourth-order valence-corrected chi connectivity index (χ4v) is 6.28. The maximum Gasteiger partial charge on any atom is 0.241 e. The van der Waals surface area contributed by atoms with E-state index in [9.17, 15) is 13.2 Å². The first kappa shape index (κ1) is 31.7. The number of sulfonamides is 1. The van der Waals surface area contributed by atoms with Gasteiger partial charge < -0.3 is 15.4 Å². The first-order valence-corrected chi connectivity index (χ1v) is 16.3. The zero-order valence-electron chi connectivity index (χ0n) is 25.4. The van der Waals surface area contributed by atoms with Gasteiger partial charge in [-0.05, 0) is 59.2 Å². The van der Waals surface area contributed by atoms with Crippen molar-refractivity contribution in [2.45, 2.75) is 82.8 Å². The SMILES string of the molecule is CC(C)CCNCc1ccc2c(c1)OCCC2NC(=O)CC(NS(=O)(=O)c1ccc(C(C)(C)C)cc1)c1ccccc1. The lowest BCUT2D eigenvalue weighted by molar-refractivity contribution is -0.122. The first-order valence-electron chi connectivity index (χ1n) is 14.9. The highest BCUT2D eigenvalue weighted by atomic mass is 32.2. The van der Waals surface area contributed by atoms with E-state index in [4.69, 9.17) is 4.74 Å². The molecule has 8 heteroatoms. The number of benzene rings is 3. The first-order chi connectivity index (χ1) is 19.9. The number of carbonyl (C=O) groups is 1. The quantitative estimate of drug-likeness (QED) is 0.219. The number of rotatable bonds is 12. The van der Waals surface area contributed by atoms with Crippen molar-refractivity contribution in [3.8, 4) is 5.75 Å². The fraction of sp³-hybridized carbons (Fsp3) is 0.441. The van der Waals surface area contributed by atoms with Crippen molar-refractivity contribution in [3.05, 3.63) is 95.1 Å². The lowest BCUT2D eigenvalue weighted by Crippen LogP contribution is -2.36. The molecule has 4 rings (SSSR count). The zero-order valence-corrected chi connectivity index (χ0v) is 26.3. The van der Waals surface area contributed by atoms with E-state index in [2.05, 4.69) is 56.0 Å². The van der Waals surface area contributed by atoms with E-state index in [1.165, 1.54) is 0 Å². The molecule has 42 heavy (non-hydrogen) atoms. The van der Waals surface area contributed by atoms with Crippen LogP contribution in [0.3, 0.4) is 0 Å². The van der Waals surface area contributed by atoms with Gasteiger partial charge >= 0.3 is 0 Å². The third-order valence-electron chi connectivity index (χ3n) is 7.60. The van der Waals surface area contributed by atoms with Crippen molar-refractivity contribution in [1.82, 2.24) is 15.4 Å². The maximum atomic E-state index is 13.4. The Labute approximate surface area is 251 Å². The number of carbonyl (C=O) groups excluding carboxylic acids is 1. The Morgan fingerprint density at radius 1 is 1.00 bits per heavy atom. The minimum absolute atomic E-state index is 0.0339. The Balaban J connectivity index is 1.45. The molecule has 0 spiro atoms. The van der Waals surface area contributed by atoms with Gasteiger partial charge in [-0.25, -0.2) is 13.1 Å². The van der Waals surface area contributed by atoms with Gasteiger partial charge in [0.2, 0.25) is 15.9 Å². The van der Waals surface area contributed by atoms with Crippen LogP contribution in [0.1, 0.15) is 88.2 Å². The Morgan fingerprint density at radius 3 is 2.38 bits per heavy atom. The van der Waals surface area contributed by atoms with Crippen molar-refractivity contribution in [1.29, 1.82) is 0 Å². The molecule has 1 aliphatic heterocycles. The van der Waals surface area contributed by atoms with Gasteiger partial charge in [-0.3, -0.25) is 4.79 Å². The summed E-state index contributed by atoms with van der Waals surface area (Å²) in [6.07, 6.45) is 1.74. The molecule has 0 aliphatic carbocycles. The van der Waals surface area contributed by atoms with Crippen LogP contribution in [-0.2, 0) is 26.8 Å². The smallest absolute Gasteiger partial charge is 0.241 e. The summed E-state index contributed by atoms with van der Waals surface area (Å²) in [5.74, 6) is 1.21. The van der Waals surface area contributed by atoms with E-state index in [0.29, 0.717) is 18.9 Å². The van der Waals surface area contributed by atoms with Crippen LogP contribution >= 0.6 is 0 Å². The summed E-state index contributed by atoms with van der Waals surface area (Å²) in [5, 5.41) is 6.62. The van der Waals surface area contributed by atoms with Gasteiger partial charge in [-0.1, -0.05) is 89.2 Å². The third-order valence-corrected chi connectivity index (χ3v) is 9.09. The molecule has 1 heterocycles. The molecule has 0 radical (unpaired) electrons. The van der Waals surface area contributed by atoms with E-state index < -0.39 is 16.1 Å². The Kier molecular flexibility index (Phi) is 10.5. The normalized spacial score (nSPS) is 16.0. The lowest BCUT2D eigenvalue weighted by atomic mass is 9.87. The van der Waals surface area contributed by atoms with E-state index in [1.807, 2.05) is 54.6 Å². The highest BCUT2D eigenvalue weighted by molar-refractivity contribution is 7.89. The number of nitrogens with one attached hydrogen (secondary N) is 3. The number of hydrogen-bond donors (Lipinski definition) is 3. The third kappa shape index (κ3) is 8.66. The highest BCUT2D eigenvalue weighted by Gasteiger charge is 2.28. The summed E-state index contributed by atoms with van der Waals surface area (Å²) in [5.41, 5.74) is 3.76. The van der Waals surface area contributed by atoms with E-state index in [1.54, 1.807) is 12.1 Å². The molecule has 3 aromatic carbocycles. The minimum Gasteiger partial charge on any atom is -0.493 e. The van der Waals surface area contributed by atoms with Crippen LogP contribution in [0.5, 0.6) is 5.75 Å². The Hall–Kier alpha value is -3.20. The predicted octanol–water partition coefficient (Wildman–Crippen LogP) is 6.17. The second-order valence-electron chi connectivity index (χ2n) is 12.6. The molecule has 2 unspecified atom stereocenters. The summed E-state index contributed by atoms with van der Waals surface area (Å²) >= 11 is 0. The molecule has 1 aliphatic rings. The van der Waals surface area contributed by atoms with E-state index in [-0.39, 0.29) is 28.7 Å². The van der Waals surface area contributed by atoms with Crippen LogP contribution in [0.2, 0.25) is 0 Å². The van der Waals surface area contributed by atoms with Crippen LogP contribution in [0.25, 0.3) is 0 Å². The van der Waals surface area contributed by atoms with Gasteiger partial charge in [0.05, 0.1) is 23.6 Å². The van der Waals surface area contributed by atoms with Crippen molar-refractivity contribution >= 4 is 15.9 Å². The van der Waals surface area contributed by atoms with Crippen molar-refractivity contribution in [2.75, 3.05) is 13.2 Å². The number of ether oxygens (including phenoxy) is 1. The predicted molar refractivity (Wildman–Crippen MR) is 168 cm³/mol. The zero-order chi connectivity index (χ0) is 30.3. The number of amides is 1. The van der Waals surface area contributed by atoms with Crippen molar-refractivity contribution in [3.63, 3.8) is 0 Å². The molecule has 3 N–H and O–H groups in total. The van der Waals surface area contributed by atoms with Crippen LogP contribution in [-0.4, -0.2) is 27.5 Å². The second kappa shape index (κ2) is 13.8. The van der Waals surface area contributed by atoms with Gasteiger partial charge in [0.25, 0.3) is 0 Å². The average Bonchev–Trinajstić information content (AvgIpc) is 2.95. The van der Waals surface area contributed by atoms with Crippen molar-refractivity contribution in [2.24, 2.45) is 5.92 Å². The molecule has 0 saturated carbocycles. The van der Waals surface area contributed by atoms with Gasteiger partial charge in [0.15, 0.2) is 0 Å². The topological polar surface area (TPSA) is 96.5 Å². The summed E-state index contributed by atoms with van der Waals surface area (Å²) in [7, 11) is -3.87. The van der Waals surface area contributed by atoms with Crippen LogP contribution in [0.15, 0.2) is 77.7 Å². The van der Waals surface area contributed by atoms with Crippen LogP contribution in [0.4, 0.5) is 0 Å². The summed E-state index contributed by atoms with van der Waals surface area (Å²) in [6.45, 7) is 12.9. The molecule has 0 fully saturated rings. The molecule has 0 bridgehead atoms. The van der Waals surface area contributed by atoms with Gasteiger partial charge in [0.1, 0.15) is 5.75 Å². The molecule has 7 nitrogen and oxygen atoms in total. The molecular formula is C34H45N3O4S. The monoisotopic (exact) mass is 591 g/mol. The second-order valence-corrected chi connectivity index (χ2v) is 14.3. The van der Waals surface area contributed by atoms with Gasteiger partial charge in [0, 0.05) is 24.9 Å². The Bertz CT molecular complexity index is 1430. The van der Waals surface area contributed by atoms with Crippen molar-refractivity contribution < 1.29 is 17.9 Å².